The van der Waals surface area contributed by atoms with Crippen LogP contribution in [-0.4, -0.2) is 97.7 Å². The number of pyridine rings is 2. The lowest BCUT2D eigenvalue weighted by molar-refractivity contribution is -0.145. The maximum atomic E-state index is 12.9. The Bertz CT molecular complexity index is 2290. The molecule has 8 rings (SSSR count). The summed E-state index contributed by atoms with van der Waals surface area (Å²) in [4.78, 5) is 35.8. The maximum absolute atomic E-state index is 12.9. The fourth-order valence-electron chi connectivity index (χ4n) is 7.59. The third-order valence-electron chi connectivity index (χ3n) is 11.2. The van der Waals surface area contributed by atoms with E-state index < -0.39 is 12.1 Å². The molecule has 14 heteroatoms. The summed E-state index contributed by atoms with van der Waals surface area (Å²) in [5.74, 6) is 1.42. The first-order valence-corrected chi connectivity index (χ1v) is 20.7. The SMILES string of the molecule is CC1=C(c2c(C3CCC3)ncc3snc(O[C@H](Cc4ccccc4OCc4ccnc(-c5ccncc5)n4)C(=O)O)c23)CCC(OCCN2CCN(C)CC2)=C1Cl. The van der Waals surface area contributed by atoms with E-state index in [-0.39, 0.29) is 18.9 Å². The summed E-state index contributed by atoms with van der Waals surface area (Å²) >= 11 is 8.37. The first-order chi connectivity index (χ1) is 27.8. The number of halogens is 1. The molecule has 3 aliphatic rings. The summed E-state index contributed by atoms with van der Waals surface area (Å²) in [7, 11) is 2.16. The van der Waals surface area contributed by atoms with Crippen LogP contribution in [0.4, 0.5) is 0 Å². The van der Waals surface area contributed by atoms with Crippen molar-refractivity contribution >= 4 is 44.8 Å². The lowest BCUT2D eigenvalue weighted by atomic mass is 9.77. The number of likely N-dealkylation sites (N-methyl/N-ethyl adjacent to an activating group) is 1. The van der Waals surface area contributed by atoms with Crippen LogP contribution in [0.1, 0.15) is 67.5 Å². The zero-order chi connectivity index (χ0) is 39.3. The average molecular weight is 808 g/mol. The zero-order valence-corrected chi connectivity index (χ0v) is 33.8. The van der Waals surface area contributed by atoms with Crippen molar-refractivity contribution in [2.45, 2.75) is 64.1 Å². The fourth-order valence-corrected chi connectivity index (χ4v) is 8.55. The molecule has 5 aromatic rings. The van der Waals surface area contributed by atoms with Crippen LogP contribution in [0.5, 0.6) is 11.6 Å². The molecule has 12 nitrogen and oxygen atoms in total. The predicted molar refractivity (Wildman–Crippen MR) is 220 cm³/mol. The molecule has 1 aromatic carbocycles. The number of rotatable bonds is 15. The molecule has 2 aliphatic carbocycles. The van der Waals surface area contributed by atoms with Crippen molar-refractivity contribution in [2.24, 2.45) is 0 Å². The lowest BCUT2D eigenvalue weighted by Crippen LogP contribution is -2.45. The Labute approximate surface area is 341 Å². The van der Waals surface area contributed by atoms with Crippen molar-refractivity contribution in [3.05, 3.63) is 106 Å². The number of ether oxygens (including phenoxy) is 3. The minimum Gasteiger partial charge on any atom is -0.495 e. The van der Waals surface area contributed by atoms with E-state index in [4.69, 9.17) is 35.2 Å². The Morgan fingerprint density at radius 2 is 1.82 bits per heavy atom. The van der Waals surface area contributed by atoms with E-state index in [2.05, 4.69) is 31.8 Å². The molecule has 5 heterocycles. The largest absolute Gasteiger partial charge is 0.495 e. The zero-order valence-electron chi connectivity index (χ0n) is 32.2. The van der Waals surface area contributed by atoms with Crippen LogP contribution in [-0.2, 0) is 22.6 Å². The molecule has 296 valence electrons. The van der Waals surface area contributed by atoms with Gasteiger partial charge in [-0.25, -0.2) is 14.8 Å². The number of para-hydroxylation sites is 1. The summed E-state index contributed by atoms with van der Waals surface area (Å²) in [6, 6.07) is 12.9. The van der Waals surface area contributed by atoms with Gasteiger partial charge in [0.05, 0.1) is 26.5 Å². The van der Waals surface area contributed by atoms with Gasteiger partial charge in [-0.15, -0.1) is 0 Å². The number of nitrogens with zero attached hydrogens (tertiary/aromatic N) is 7. The van der Waals surface area contributed by atoms with Crippen LogP contribution >= 0.6 is 23.1 Å². The number of carboxylic acid groups (broad SMARTS) is 1. The fraction of sp³-hybridized carbons (Fsp3) is 0.395. The maximum Gasteiger partial charge on any atom is 0.345 e. The van der Waals surface area contributed by atoms with Gasteiger partial charge in [0.25, 0.3) is 0 Å². The highest BCUT2D eigenvalue weighted by Crippen LogP contribution is 2.48. The van der Waals surface area contributed by atoms with Gasteiger partial charge in [0, 0.05) is 87.4 Å². The number of carboxylic acids is 1. The molecule has 1 saturated carbocycles. The van der Waals surface area contributed by atoms with Crippen LogP contribution in [0, 0.1) is 0 Å². The Morgan fingerprint density at radius 1 is 1.02 bits per heavy atom. The van der Waals surface area contributed by atoms with E-state index >= 15 is 0 Å². The van der Waals surface area contributed by atoms with Crippen LogP contribution in [0.3, 0.4) is 0 Å². The van der Waals surface area contributed by atoms with Crippen molar-refractivity contribution in [3.8, 4) is 23.0 Å². The minimum absolute atomic E-state index is 0.0532. The summed E-state index contributed by atoms with van der Waals surface area (Å²) in [6.07, 6.45) is 10.4. The van der Waals surface area contributed by atoms with Gasteiger partial charge in [0.2, 0.25) is 12.0 Å². The normalized spacial score (nSPS) is 17.5. The quantitative estimate of drug-likeness (QED) is 0.111. The first-order valence-electron chi connectivity index (χ1n) is 19.6. The molecular formula is C43H46ClN7O5S. The summed E-state index contributed by atoms with van der Waals surface area (Å²) in [5, 5.41) is 12.0. The standard InChI is InChI=1S/C43H46ClN7O5S/c1-27-32(10-11-34(39(27)44)54-23-22-51-20-18-50(2)19-21-51)37-38-36(25-47-40(37)28-7-5-8-28)57-49-42(38)56-35(43(52)53)24-30-6-3-4-9-33(30)55-26-31-14-17-46-41(48-31)29-12-15-45-16-13-29/h3-4,6,9,12-17,25,28,35H,5,7-8,10-11,18-24,26H2,1-2H3,(H,52,53)/t35-/m1/s1. The number of carbonyl (C=O) groups is 1. The van der Waals surface area contributed by atoms with Gasteiger partial charge in [0.15, 0.2) is 5.82 Å². The van der Waals surface area contributed by atoms with Crippen LogP contribution < -0.4 is 9.47 Å². The predicted octanol–water partition coefficient (Wildman–Crippen LogP) is 7.75. The Hall–Kier alpha value is -4.95. The van der Waals surface area contributed by atoms with Crippen molar-refractivity contribution < 1.29 is 24.1 Å². The van der Waals surface area contributed by atoms with E-state index in [9.17, 15) is 9.90 Å². The second-order valence-electron chi connectivity index (χ2n) is 14.9. The molecule has 0 bridgehead atoms. The monoisotopic (exact) mass is 807 g/mol. The van der Waals surface area contributed by atoms with Crippen LogP contribution in [0.25, 0.3) is 27.0 Å². The molecule has 0 spiro atoms. The van der Waals surface area contributed by atoms with E-state index in [0.29, 0.717) is 53.2 Å². The Morgan fingerprint density at radius 3 is 2.60 bits per heavy atom. The van der Waals surface area contributed by atoms with Crippen LogP contribution in [0.15, 0.2) is 83.6 Å². The molecule has 1 aliphatic heterocycles. The molecule has 1 saturated heterocycles. The minimum atomic E-state index is -1.24. The molecule has 1 N–H and O–H groups in total. The summed E-state index contributed by atoms with van der Waals surface area (Å²) < 4.78 is 24.5. The van der Waals surface area contributed by atoms with E-state index in [1.165, 1.54) is 11.5 Å². The van der Waals surface area contributed by atoms with Gasteiger partial charge >= 0.3 is 5.97 Å². The molecule has 57 heavy (non-hydrogen) atoms. The highest BCUT2D eigenvalue weighted by atomic mass is 35.5. The smallest absolute Gasteiger partial charge is 0.345 e. The molecule has 2 fully saturated rings. The summed E-state index contributed by atoms with van der Waals surface area (Å²) in [6.45, 7) is 7.88. The third kappa shape index (κ3) is 8.81. The van der Waals surface area contributed by atoms with Gasteiger partial charge in [-0.1, -0.05) is 36.2 Å². The first kappa shape index (κ1) is 38.9. The number of benzene rings is 1. The van der Waals surface area contributed by atoms with Gasteiger partial charge in [-0.2, -0.15) is 4.37 Å². The van der Waals surface area contributed by atoms with Crippen LogP contribution in [0.2, 0.25) is 0 Å². The Balaban J connectivity index is 1.04. The molecule has 0 unspecified atom stereocenters. The van der Waals surface area contributed by atoms with Crippen molar-refractivity contribution in [1.29, 1.82) is 0 Å². The van der Waals surface area contributed by atoms with Gasteiger partial charge < -0.3 is 24.2 Å². The number of piperazine rings is 1. The van der Waals surface area contributed by atoms with Crippen molar-refractivity contribution in [1.82, 2.24) is 34.1 Å². The lowest BCUT2D eigenvalue weighted by Gasteiger charge is -2.32. The highest BCUT2D eigenvalue weighted by molar-refractivity contribution is 7.13. The van der Waals surface area contributed by atoms with E-state index in [1.54, 1.807) is 24.7 Å². The number of hydrogen-bond acceptors (Lipinski definition) is 12. The van der Waals surface area contributed by atoms with Gasteiger partial charge in [-0.3, -0.25) is 14.9 Å². The van der Waals surface area contributed by atoms with Gasteiger partial charge in [-0.05, 0) is 85.7 Å². The van der Waals surface area contributed by atoms with E-state index in [1.807, 2.05) is 49.5 Å². The molecule has 4 aromatic heterocycles. The third-order valence-corrected chi connectivity index (χ3v) is 12.4. The second kappa shape index (κ2) is 17.7. The molecule has 0 radical (unpaired) electrons. The second-order valence-corrected chi connectivity index (χ2v) is 16.0. The average Bonchev–Trinajstić information content (AvgIpc) is 3.62. The number of hydrogen-bond donors (Lipinski definition) is 1. The Kier molecular flexibility index (Phi) is 12.1. The van der Waals surface area contributed by atoms with Crippen molar-refractivity contribution in [2.75, 3.05) is 46.4 Å². The number of allylic oxidation sites excluding steroid dienone is 4. The molecule has 0 amide bonds. The van der Waals surface area contributed by atoms with Gasteiger partial charge in [0.1, 0.15) is 24.7 Å². The molecule has 1 atom stereocenters. The topological polar surface area (TPSA) is 136 Å². The summed E-state index contributed by atoms with van der Waals surface area (Å²) in [5.41, 5.74) is 6.22. The van der Waals surface area contributed by atoms with Crippen molar-refractivity contribution in [3.63, 3.8) is 0 Å². The number of aliphatic carboxylic acids is 1. The number of aromatic nitrogens is 5. The van der Waals surface area contributed by atoms with E-state index in [0.717, 1.165) is 95.8 Å². The molecular weight excluding hydrogens is 762 g/mol. The number of fused-ring (bicyclic) bond motifs is 1. The highest BCUT2D eigenvalue weighted by Gasteiger charge is 2.33.